The predicted molar refractivity (Wildman–Crippen MR) is 146 cm³/mol. The molecule has 1 saturated heterocycles. The van der Waals surface area contributed by atoms with Gasteiger partial charge in [-0.25, -0.2) is 13.4 Å². The van der Waals surface area contributed by atoms with Crippen LogP contribution in [-0.4, -0.2) is 59.9 Å². The molecule has 8 heteroatoms. The van der Waals surface area contributed by atoms with Gasteiger partial charge in [0.15, 0.2) is 0 Å². The van der Waals surface area contributed by atoms with Crippen molar-refractivity contribution in [2.24, 2.45) is 0 Å². The van der Waals surface area contributed by atoms with Crippen LogP contribution in [0.1, 0.15) is 69.8 Å². The van der Waals surface area contributed by atoms with Crippen LogP contribution >= 0.6 is 0 Å². The summed E-state index contributed by atoms with van der Waals surface area (Å²) in [5.74, 6) is 1.40. The van der Waals surface area contributed by atoms with Gasteiger partial charge in [-0.1, -0.05) is 44.0 Å². The summed E-state index contributed by atoms with van der Waals surface area (Å²) in [5, 5.41) is 0.949. The second-order valence-electron chi connectivity index (χ2n) is 10.3. The fourth-order valence-electron chi connectivity index (χ4n) is 5.44. The molecule has 0 bridgehead atoms. The molecule has 0 spiro atoms. The first kappa shape index (κ1) is 26.1. The Morgan fingerprint density at radius 1 is 0.946 bits per heavy atom. The molecular formula is C29H38N4O3S. The predicted octanol–water partition coefficient (Wildman–Crippen LogP) is 5.36. The summed E-state index contributed by atoms with van der Waals surface area (Å²) in [5.41, 5.74) is 2.06. The van der Waals surface area contributed by atoms with E-state index in [0.29, 0.717) is 37.0 Å². The molecule has 2 aliphatic rings. The largest absolute Gasteiger partial charge is 0.474 e. The first-order valence-corrected chi connectivity index (χ1v) is 15.2. The molecule has 2 aromatic carbocycles. The topological polar surface area (TPSA) is 75.6 Å². The van der Waals surface area contributed by atoms with Gasteiger partial charge < -0.3 is 4.74 Å². The van der Waals surface area contributed by atoms with Gasteiger partial charge in [-0.2, -0.15) is 9.29 Å². The third-order valence-corrected chi connectivity index (χ3v) is 9.62. The van der Waals surface area contributed by atoms with E-state index in [1.807, 2.05) is 36.4 Å². The maximum Gasteiger partial charge on any atom is 0.243 e. The first-order valence-electron chi connectivity index (χ1n) is 13.7. The van der Waals surface area contributed by atoms with Gasteiger partial charge in [-0.15, -0.1) is 0 Å². The number of hydrogen-bond donors (Lipinski definition) is 0. The third kappa shape index (κ3) is 5.81. The van der Waals surface area contributed by atoms with Gasteiger partial charge in [0.1, 0.15) is 11.9 Å². The van der Waals surface area contributed by atoms with E-state index in [-0.39, 0.29) is 12.1 Å². The highest BCUT2D eigenvalue weighted by Crippen LogP contribution is 2.30. The molecule has 3 aromatic rings. The van der Waals surface area contributed by atoms with Crippen molar-refractivity contribution in [2.45, 2.75) is 75.8 Å². The van der Waals surface area contributed by atoms with Crippen LogP contribution in [0.5, 0.6) is 5.88 Å². The summed E-state index contributed by atoms with van der Waals surface area (Å²) in [6.07, 6.45) is 8.03. The quantitative estimate of drug-likeness (QED) is 0.396. The van der Waals surface area contributed by atoms with Crippen LogP contribution in [0.3, 0.4) is 0 Å². The monoisotopic (exact) mass is 522 g/mol. The Morgan fingerprint density at radius 2 is 1.65 bits per heavy atom. The van der Waals surface area contributed by atoms with Gasteiger partial charge in [-0.3, -0.25) is 4.90 Å². The normalized spacial score (nSPS) is 19.2. The van der Waals surface area contributed by atoms with Crippen molar-refractivity contribution >= 4 is 20.9 Å². The summed E-state index contributed by atoms with van der Waals surface area (Å²) < 4.78 is 34.5. The van der Waals surface area contributed by atoms with Crippen LogP contribution in [0.25, 0.3) is 10.9 Å². The minimum atomic E-state index is -3.50. The molecule has 1 aliphatic carbocycles. The number of ether oxygens (including phenoxy) is 1. The molecule has 7 nitrogen and oxygen atoms in total. The van der Waals surface area contributed by atoms with Crippen molar-refractivity contribution in [3.05, 3.63) is 59.9 Å². The minimum Gasteiger partial charge on any atom is -0.474 e. The van der Waals surface area contributed by atoms with Crippen molar-refractivity contribution in [1.29, 1.82) is 0 Å². The Labute approximate surface area is 220 Å². The van der Waals surface area contributed by atoms with E-state index in [1.54, 1.807) is 16.4 Å². The Hall–Kier alpha value is -2.55. The number of fused-ring (bicyclic) bond motifs is 1. The number of nitrogens with zero attached hydrogens (tertiary/aromatic N) is 4. The second-order valence-corrected chi connectivity index (χ2v) is 12.2. The van der Waals surface area contributed by atoms with Crippen LogP contribution in [0.15, 0.2) is 53.4 Å². The number of aryl methyl sites for hydroxylation is 1. The molecule has 0 radical (unpaired) electrons. The van der Waals surface area contributed by atoms with E-state index in [2.05, 4.69) is 18.7 Å². The van der Waals surface area contributed by atoms with E-state index < -0.39 is 10.0 Å². The third-order valence-electron chi connectivity index (χ3n) is 7.71. The molecule has 5 rings (SSSR count). The number of aromatic nitrogens is 2. The maximum absolute atomic E-state index is 13.2. The molecule has 2 heterocycles. The molecule has 198 valence electrons. The minimum absolute atomic E-state index is 0.0449. The Balaban J connectivity index is 1.29. The van der Waals surface area contributed by atoms with Crippen LogP contribution in [0.2, 0.25) is 0 Å². The van der Waals surface area contributed by atoms with Crippen molar-refractivity contribution in [1.82, 2.24) is 19.2 Å². The standard InChI is InChI=1S/C29H38N4O3S/c1-3-9-23-14-16-25(17-15-23)37(34,35)33-20-18-32(19-21-33)22(2)28-30-27-13-8-7-12-26(27)29(31-28)36-24-10-5-4-6-11-24/h7-8,12-17,22,24H,3-6,9-11,18-21H2,1-2H3/t22-/m1/s1. The summed E-state index contributed by atoms with van der Waals surface area (Å²) in [6, 6.07) is 15.3. The average molecular weight is 523 g/mol. The Bertz CT molecular complexity index is 1300. The number of benzene rings is 2. The van der Waals surface area contributed by atoms with Gasteiger partial charge in [0, 0.05) is 26.2 Å². The molecule has 1 atom stereocenters. The average Bonchev–Trinajstić information content (AvgIpc) is 2.94. The van der Waals surface area contributed by atoms with Gasteiger partial charge >= 0.3 is 0 Å². The van der Waals surface area contributed by atoms with Crippen molar-refractivity contribution in [3.8, 4) is 5.88 Å². The maximum atomic E-state index is 13.2. The zero-order valence-electron chi connectivity index (χ0n) is 22.0. The number of para-hydroxylation sites is 1. The van der Waals surface area contributed by atoms with Gasteiger partial charge in [-0.05, 0) is 68.9 Å². The van der Waals surface area contributed by atoms with Crippen molar-refractivity contribution in [3.63, 3.8) is 0 Å². The number of piperazine rings is 1. The Kier molecular flexibility index (Phi) is 8.07. The molecule has 2 fully saturated rings. The van der Waals surface area contributed by atoms with E-state index in [9.17, 15) is 8.42 Å². The van der Waals surface area contributed by atoms with E-state index in [1.165, 1.54) is 24.8 Å². The van der Waals surface area contributed by atoms with Gasteiger partial charge in [0.05, 0.1) is 21.8 Å². The lowest BCUT2D eigenvalue weighted by atomic mass is 9.98. The number of sulfonamides is 1. The first-order chi connectivity index (χ1) is 18.0. The molecule has 1 saturated carbocycles. The van der Waals surface area contributed by atoms with E-state index in [4.69, 9.17) is 14.7 Å². The highest BCUT2D eigenvalue weighted by molar-refractivity contribution is 7.89. The lowest BCUT2D eigenvalue weighted by Gasteiger charge is -2.37. The summed E-state index contributed by atoms with van der Waals surface area (Å²) in [4.78, 5) is 12.4. The SMILES string of the molecule is CCCc1ccc(S(=O)(=O)N2CCN([C@H](C)c3nc(OC4CCCCC4)c4ccccc4n3)CC2)cc1. The second kappa shape index (κ2) is 11.5. The molecular weight excluding hydrogens is 484 g/mol. The fraction of sp³-hybridized carbons (Fsp3) is 0.517. The molecule has 37 heavy (non-hydrogen) atoms. The number of rotatable bonds is 8. The van der Waals surface area contributed by atoms with E-state index in [0.717, 1.165) is 42.4 Å². The summed E-state index contributed by atoms with van der Waals surface area (Å²) >= 11 is 0. The fourth-order valence-corrected chi connectivity index (χ4v) is 6.86. The van der Waals surface area contributed by atoms with Crippen molar-refractivity contribution < 1.29 is 13.2 Å². The molecule has 0 N–H and O–H groups in total. The highest BCUT2D eigenvalue weighted by atomic mass is 32.2. The van der Waals surface area contributed by atoms with Crippen molar-refractivity contribution in [2.75, 3.05) is 26.2 Å². The van der Waals surface area contributed by atoms with Crippen LogP contribution in [0, 0.1) is 0 Å². The molecule has 0 amide bonds. The number of hydrogen-bond acceptors (Lipinski definition) is 6. The summed E-state index contributed by atoms with van der Waals surface area (Å²) in [6.45, 7) is 6.38. The Morgan fingerprint density at radius 3 is 2.35 bits per heavy atom. The van der Waals surface area contributed by atoms with Gasteiger partial charge in [0.2, 0.25) is 15.9 Å². The van der Waals surface area contributed by atoms with Gasteiger partial charge in [0.25, 0.3) is 0 Å². The zero-order chi connectivity index (χ0) is 25.8. The van der Waals surface area contributed by atoms with Crippen LogP contribution < -0.4 is 4.74 Å². The van der Waals surface area contributed by atoms with E-state index >= 15 is 0 Å². The van der Waals surface area contributed by atoms with Crippen LogP contribution in [-0.2, 0) is 16.4 Å². The lowest BCUT2D eigenvalue weighted by molar-refractivity contribution is 0.135. The molecule has 1 aliphatic heterocycles. The lowest BCUT2D eigenvalue weighted by Crippen LogP contribution is -2.49. The van der Waals surface area contributed by atoms with Crippen LogP contribution in [0.4, 0.5) is 0 Å². The highest BCUT2D eigenvalue weighted by Gasteiger charge is 2.31. The summed E-state index contributed by atoms with van der Waals surface area (Å²) in [7, 11) is -3.50. The zero-order valence-corrected chi connectivity index (χ0v) is 22.8. The molecule has 1 aromatic heterocycles. The smallest absolute Gasteiger partial charge is 0.243 e. The molecule has 0 unspecified atom stereocenters.